The summed E-state index contributed by atoms with van der Waals surface area (Å²) in [6.45, 7) is 3.80. The lowest BCUT2D eigenvalue weighted by atomic mass is 10.2. The van der Waals surface area contributed by atoms with Gasteiger partial charge in [-0.3, -0.25) is 0 Å². The van der Waals surface area contributed by atoms with Gasteiger partial charge in [0.1, 0.15) is 23.1 Å². The lowest BCUT2D eigenvalue weighted by Gasteiger charge is -2.20. The Kier molecular flexibility index (Phi) is 4.50. The Bertz CT molecular complexity index is 655. The van der Waals surface area contributed by atoms with E-state index in [1.165, 1.54) is 0 Å². The van der Waals surface area contributed by atoms with Crippen LogP contribution in [0.5, 0.6) is 11.5 Å². The first-order valence-corrected chi connectivity index (χ1v) is 7.72. The van der Waals surface area contributed by atoms with Crippen LogP contribution in [0.3, 0.4) is 0 Å². The van der Waals surface area contributed by atoms with Gasteiger partial charge >= 0.3 is 0 Å². The maximum atomic E-state index is 5.35. The number of aromatic nitrogens is 2. The fourth-order valence-corrected chi connectivity index (χ4v) is 2.83. The summed E-state index contributed by atoms with van der Waals surface area (Å²) in [5.41, 5.74) is 1.12. The summed E-state index contributed by atoms with van der Waals surface area (Å²) in [6, 6.07) is 8.24. The van der Waals surface area contributed by atoms with Gasteiger partial charge in [0, 0.05) is 49.2 Å². The lowest BCUT2D eigenvalue weighted by molar-refractivity contribution is 0.394. The summed E-state index contributed by atoms with van der Waals surface area (Å²) in [6.07, 6.45) is 2.84. The fraction of sp³-hybridized carbons (Fsp3) is 0.412. The minimum absolute atomic E-state index is 0.362. The van der Waals surface area contributed by atoms with Gasteiger partial charge < -0.3 is 19.7 Å². The highest BCUT2D eigenvalue weighted by atomic mass is 16.5. The van der Waals surface area contributed by atoms with E-state index in [0.717, 1.165) is 48.3 Å². The predicted octanol–water partition coefficient (Wildman–Crippen LogP) is 2.49. The Morgan fingerprint density at radius 1 is 1.17 bits per heavy atom. The van der Waals surface area contributed by atoms with E-state index in [1.54, 1.807) is 20.4 Å². The number of hydrogen-bond acceptors (Lipinski definition) is 6. The number of methoxy groups -OCH3 is 2. The van der Waals surface area contributed by atoms with Crippen LogP contribution in [0.25, 0.3) is 0 Å². The SMILES string of the molecule is COc1cc(OC)cc(N2CC[C@@H](Nc3ccnc(C)n3)C2)c1. The molecule has 122 valence electrons. The third-order valence-electron chi connectivity index (χ3n) is 4.02. The molecule has 3 rings (SSSR count). The first-order chi connectivity index (χ1) is 11.2. The number of benzene rings is 1. The van der Waals surface area contributed by atoms with Gasteiger partial charge in [0.15, 0.2) is 0 Å². The summed E-state index contributed by atoms with van der Waals surface area (Å²) in [4.78, 5) is 10.9. The molecule has 1 aromatic heterocycles. The molecule has 2 aromatic rings. The molecule has 1 N–H and O–H groups in total. The number of aryl methyl sites for hydroxylation is 1. The second kappa shape index (κ2) is 6.73. The van der Waals surface area contributed by atoms with Crippen LogP contribution in [-0.4, -0.2) is 43.3 Å². The highest BCUT2D eigenvalue weighted by Gasteiger charge is 2.23. The van der Waals surface area contributed by atoms with E-state index >= 15 is 0 Å². The smallest absolute Gasteiger partial charge is 0.129 e. The largest absolute Gasteiger partial charge is 0.497 e. The molecule has 1 aliphatic rings. The highest BCUT2D eigenvalue weighted by molar-refractivity contribution is 5.57. The minimum Gasteiger partial charge on any atom is -0.497 e. The van der Waals surface area contributed by atoms with Crippen molar-refractivity contribution < 1.29 is 9.47 Å². The van der Waals surface area contributed by atoms with Crippen molar-refractivity contribution in [1.29, 1.82) is 0 Å². The van der Waals surface area contributed by atoms with Crippen LogP contribution >= 0.6 is 0 Å². The van der Waals surface area contributed by atoms with Crippen molar-refractivity contribution in [3.8, 4) is 11.5 Å². The summed E-state index contributed by atoms with van der Waals surface area (Å²) in [5.74, 6) is 3.28. The molecule has 23 heavy (non-hydrogen) atoms. The molecule has 1 aromatic carbocycles. The van der Waals surface area contributed by atoms with Crippen LogP contribution in [-0.2, 0) is 0 Å². The molecule has 0 unspecified atom stereocenters. The normalized spacial score (nSPS) is 17.2. The van der Waals surface area contributed by atoms with Crippen molar-refractivity contribution in [3.63, 3.8) is 0 Å². The monoisotopic (exact) mass is 314 g/mol. The third kappa shape index (κ3) is 3.64. The maximum absolute atomic E-state index is 5.35. The summed E-state index contributed by atoms with van der Waals surface area (Å²) in [5, 5.41) is 3.48. The van der Waals surface area contributed by atoms with E-state index in [1.807, 2.05) is 31.2 Å². The zero-order chi connectivity index (χ0) is 16.2. The molecule has 1 atom stereocenters. The van der Waals surface area contributed by atoms with Crippen LogP contribution < -0.4 is 19.7 Å². The van der Waals surface area contributed by atoms with Crippen molar-refractivity contribution >= 4 is 11.5 Å². The van der Waals surface area contributed by atoms with Gasteiger partial charge in [-0.25, -0.2) is 9.97 Å². The molecule has 6 heteroatoms. The molecule has 0 bridgehead atoms. The Balaban J connectivity index is 1.70. The average Bonchev–Trinajstić information content (AvgIpc) is 3.03. The zero-order valence-electron chi connectivity index (χ0n) is 13.7. The number of rotatable bonds is 5. The summed E-state index contributed by atoms with van der Waals surface area (Å²) in [7, 11) is 3.34. The van der Waals surface area contributed by atoms with Gasteiger partial charge in [-0.15, -0.1) is 0 Å². The van der Waals surface area contributed by atoms with E-state index in [9.17, 15) is 0 Å². The number of nitrogens with zero attached hydrogens (tertiary/aromatic N) is 3. The highest BCUT2D eigenvalue weighted by Crippen LogP contribution is 2.30. The molecule has 0 radical (unpaired) electrons. The fourth-order valence-electron chi connectivity index (χ4n) is 2.83. The molecule has 0 amide bonds. The van der Waals surface area contributed by atoms with Crippen LogP contribution in [0.2, 0.25) is 0 Å². The number of anilines is 2. The van der Waals surface area contributed by atoms with E-state index in [2.05, 4.69) is 20.2 Å². The molecule has 0 spiro atoms. The second-order valence-corrected chi connectivity index (χ2v) is 5.64. The van der Waals surface area contributed by atoms with Crippen molar-refractivity contribution in [1.82, 2.24) is 9.97 Å². The Hall–Kier alpha value is -2.50. The van der Waals surface area contributed by atoms with E-state index in [-0.39, 0.29) is 0 Å². The Morgan fingerprint density at radius 2 is 1.91 bits per heavy atom. The number of nitrogens with one attached hydrogen (secondary N) is 1. The van der Waals surface area contributed by atoms with Gasteiger partial charge in [0.05, 0.1) is 14.2 Å². The number of ether oxygens (including phenoxy) is 2. The Morgan fingerprint density at radius 3 is 2.57 bits per heavy atom. The van der Waals surface area contributed by atoms with Crippen molar-refractivity contribution in [2.75, 3.05) is 37.5 Å². The summed E-state index contributed by atoms with van der Waals surface area (Å²) < 4.78 is 10.7. The second-order valence-electron chi connectivity index (χ2n) is 5.64. The lowest BCUT2D eigenvalue weighted by Crippen LogP contribution is -2.26. The van der Waals surface area contributed by atoms with Gasteiger partial charge in [0.25, 0.3) is 0 Å². The quantitative estimate of drug-likeness (QED) is 0.915. The minimum atomic E-state index is 0.362. The number of hydrogen-bond donors (Lipinski definition) is 1. The molecule has 6 nitrogen and oxygen atoms in total. The molecular weight excluding hydrogens is 292 g/mol. The van der Waals surface area contributed by atoms with Crippen LogP contribution in [0.4, 0.5) is 11.5 Å². The molecule has 0 saturated carbocycles. The molecule has 2 heterocycles. The molecule has 0 aliphatic carbocycles. The van der Waals surface area contributed by atoms with Gasteiger partial charge in [-0.2, -0.15) is 0 Å². The van der Waals surface area contributed by atoms with Crippen LogP contribution in [0.1, 0.15) is 12.2 Å². The maximum Gasteiger partial charge on any atom is 0.129 e. The van der Waals surface area contributed by atoms with E-state index in [0.29, 0.717) is 6.04 Å². The Labute approximate surface area is 136 Å². The first kappa shape index (κ1) is 15.4. The van der Waals surface area contributed by atoms with Gasteiger partial charge in [-0.05, 0) is 19.4 Å². The van der Waals surface area contributed by atoms with Crippen molar-refractivity contribution in [2.24, 2.45) is 0 Å². The van der Waals surface area contributed by atoms with Gasteiger partial charge in [-0.1, -0.05) is 0 Å². The van der Waals surface area contributed by atoms with E-state index < -0.39 is 0 Å². The predicted molar refractivity (Wildman–Crippen MR) is 90.6 cm³/mol. The van der Waals surface area contributed by atoms with Crippen molar-refractivity contribution in [2.45, 2.75) is 19.4 Å². The van der Waals surface area contributed by atoms with Crippen LogP contribution in [0, 0.1) is 6.92 Å². The molecule has 1 aliphatic heterocycles. The average molecular weight is 314 g/mol. The van der Waals surface area contributed by atoms with Crippen LogP contribution in [0.15, 0.2) is 30.5 Å². The standard InChI is InChI=1S/C17H22N4O2/c1-12-18-6-4-17(19-12)20-13-5-7-21(11-13)14-8-15(22-2)10-16(9-14)23-3/h4,6,8-10,13H,5,7,11H2,1-3H3,(H,18,19,20)/t13-/m1/s1. The molecular formula is C17H22N4O2. The first-order valence-electron chi connectivity index (χ1n) is 7.72. The third-order valence-corrected chi connectivity index (χ3v) is 4.02. The zero-order valence-corrected chi connectivity index (χ0v) is 13.7. The molecule has 1 saturated heterocycles. The van der Waals surface area contributed by atoms with Gasteiger partial charge in [0.2, 0.25) is 0 Å². The van der Waals surface area contributed by atoms with Crippen molar-refractivity contribution in [3.05, 3.63) is 36.3 Å². The van der Waals surface area contributed by atoms with E-state index in [4.69, 9.17) is 9.47 Å². The molecule has 1 fully saturated rings. The summed E-state index contributed by atoms with van der Waals surface area (Å²) >= 11 is 0. The topological polar surface area (TPSA) is 59.5 Å².